The van der Waals surface area contributed by atoms with Crippen LogP contribution >= 0.6 is 0 Å². The minimum Gasteiger partial charge on any atom is -0.495 e. The maximum absolute atomic E-state index is 12.3. The van der Waals surface area contributed by atoms with Crippen molar-refractivity contribution in [2.75, 3.05) is 12.4 Å². The lowest BCUT2D eigenvalue weighted by atomic mass is 10.1. The van der Waals surface area contributed by atoms with Crippen molar-refractivity contribution in [2.45, 2.75) is 6.92 Å². The maximum Gasteiger partial charge on any atom is 0.329 e. The number of ether oxygens (including phenoxy) is 1. The Labute approximate surface area is 196 Å². The highest BCUT2D eigenvalue weighted by molar-refractivity contribution is 6.39. The topological polar surface area (TPSA) is 97.6 Å². The number of rotatable bonds is 6. The number of methoxy groups -OCH3 is 1. The third-order valence-corrected chi connectivity index (χ3v) is 4.99. The van der Waals surface area contributed by atoms with E-state index in [1.165, 1.54) is 13.3 Å². The van der Waals surface area contributed by atoms with Crippen LogP contribution in [0.1, 0.15) is 11.1 Å². The maximum atomic E-state index is 12.3. The van der Waals surface area contributed by atoms with Crippen molar-refractivity contribution in [2.24, 2.45) is 5.10 Å². The summed E-state index contributed by atoms with van der Waals surface area (Å²) in [5.74, 6) is -1.32. The van der Waals surface area contributed by atoms with Gasteiger partial charge in [-0.05, 0) is 37.3 Å². The number of para-hydroxylation sites is 3. The Kier molecular flexibility index (Phi) is 6.78. The molecule has 4 rings (SSSR count). The van der Waals surface area contributed by atoms with Crippen molar-refractivity contribution in [3.63, 3.8) is 0 Å². The zero-order valence-electron chi connectivity index (χ0n) is 18.7. The lowest BCUT2D eigenvalue weighted by molar-refractivity contribution is -0.136. The summed E-state index contributed by atoms with van der Waals surface area (Å²) in [5.41, 5.74) is 6.93. The van der Waals surface area contributed by atoms with Crippen LogP contribution in [-0.4, -0.2) is 34.9 Å². The Bertz CT molecular complexity index is 1350. The Hall–Kier alpha value is -4.72. The molecule has 8 nitrogen and oxygen atoms in total. The molecule has 4 aromatic rings. The Morgan fingerprint density at radius 3 is 2.50 bits per heavy atom. The number of anilines is 1. The van der Waals surface area contributed by atoms with Crippen LogP contribution in [0.3, 0.4) is 0 Å². The number of hydrazone groups is 1. The monoisotopic (exact) mass is 453 g/mol. The van der Waals surface area contributed by atoms with Crippen molar-refractivity contribution < 1.29 is 14.3 Å². The number of carbonyl (C=O) groups excluding carboxylic acids is 2. The van der Waals surface area contributed by atoms with Gasteiger partial charge in [-0.1, -0.05) is 54.1 Å². The summed E-state index contributed by atoms with van der Waals surface area (Å²) in [6.07, 6.45) is 3.29. The average molecular weight is 454 g/mol. The van der Waals surface area contributed by atoms with Gasteiger partial charge in [0.15, 0.2) is 0 Å². The first-order chi connectivity index (χ1) is 16.5. The lowest BCUT2D eigenvalue weighted by Crippen LogP contribution is -2.32. The molecule has 2 N–H and O–H groups in total. The second-order valence-electron chi connectivity index (χ2n) is 7.44. The highest BCUT2D eigenvalue weighted by Crippen LogP contribution is 2.24. The fraction of sp³-hybridized carbons (Fsp3) is 0.0769. The van der Waals surface area contributed by atoms with Crippen LogP contribution in [0.2, 0.25) is 0 Å². The van der Waals surface area contributed by atoms with Gasteiger partial charge in [0, 0.05) is 17.3 Å². The first kappa shape index (κ1) is 22.5. The van der Waals surface area contributed by atoms with Crippen molar-refractivity contribution in [3.8, 4) is 22.7 Å². The third-order valence-electron chi connectivity index (χ3n) is 4.99. The molecule has 2 amide bonds. The molecule has 8 heteroatoms. The zero-order chi connectivity index (χ0) is 23.9. The predicted octanol–water partition coefficient (Wildman–Crippen LogP) is 3.95. The summed E-state index contributed by atoms with van der Waals surface area (Å²) in [7, 11) is 1.48. The van der Waals surface area contributed by atoms with Gasteiger partial charge in [-0.2, -0.15) is 10.2 Å². The Balaban J connectivity index is 1.54. The van der Waals surface area contributed by atoms with Gasteiger partial charge < -0.3 is 10.1 Å². The molecule has 0 fully saturated rings. The second-order valence-corrected chi connectivity index (χ2v) is 7.44. The van der Waals surface area contributed by atoms with Gasteiger partial charge in [0.05, 0.1) is 24.7 Å². The van der Waals surface area contributed by atoms with Crippen LogP contribution in [0, 0.1) is 6.92 Å². The number of hydrogen-bond donors (Lipinski definition) is 2. The molecule has 0 saturated heterocycles. The van der Waals surface area contributed by atoms with E-state index < -0.39 is 11.8 Å². The zero-order valence-corrected chi connectivity index (χ0v) is 18.7. The molecule has 0 aliphatic rings. The summed E-state index contributed by atoms with van der Waals surface area (Å²) in [4.78, 5) is 24.5. The van der Waals surface area contributed by atoms with Crippen LogP contribution in [-0.2, 0) is 9.59 Å². The number of nitrogens with one attached hydrogen (secondary N) is 2. The van der Waals surface area contributed by atoms with Crippen molar-refractivity contribution in [1.29, 1.82) is 0 Å². The van der Waals surface area contributed by atoms with Gasteiger partial charge >= 0.3 is 11.8 Å². The first-order valence-corrected chi connectivity index (χ1v) is 10.5. The normalized spacial score (nSPS) is 10.8. The van der Waals surface area contributed by atoms with E-state index >= 15 is 0 Å². The van der Waals surface area contributed by atoms with Crippen LogP contribution in [0.5, 0.6) is 5.75 Å². The van der Waals surface area contributed by atoms with Crippen LogP contribution in [0.4, 0.5) is 5.69 Å². The molecular weight excluding hydrogens is 430 g/mol. The number of aryl methyl sites for hydroxylation is 1. The quantitative estimate of drug-likeness (QED) is 0.262. The third kappa shape index (κ3) is 5.18. The summed E-state index contributed by atoms with van der Waals surface area (Å²) in [6, 6.07) is 24.4. The number of hydrogen-bond acceptors (Lipinski definition) is 5. The fourth-order valence-corrected chi connectivity index (χ4v) is 3.35. The lowest BCUT2D eigenvalue weighted by Gasteiger charge is -2.08. The van der Waals surface area contributed by atoms with E-state index in [2.05, 4.69) is 15.8 Å². The highest BCUT2D eigenvalue weighted by Gasteiger charge is 2.16. The van der Waals surface area contributed by atoms with Crippen molar-refractivity contribution in [1.82, 2.24) is 15.2 Å². The van der Waals surface area contributed by atoms with E-state index in [9.17, 15) is 9.59 Å². The van der Waals surface area contributed by atoms with Crippen LogP contribution in [0.15, 0.2) is 90.2 Å². The van der Waals surface area contributed by atoms with E-state index in [-0.39, 0.29) is 0 Å². The molecule has 3 aromatic carbocycles. The largest absolute Gasteiger partial charge is 0.495 e. The molecule has 1 heterocycles. The molecule has 170 valence electrons. The van der Waals surface area contributed by atoms with Gasteiger partial charge in [-0.3, -0.25) is 9.59 Å². The van der Waals surface area contributed by atoms with Gasteiger partial charge in [-0.15, -0.1) is 0 Å². The minimum absolute atomic E-state index is 0.389. The first-order valence-electron chi connectivity index (χ1n) is 10.5. The van der Waals surface area contributed by atoms with E-state index in [0.717, 1.165) is 16.8 Å². The van der Waals surface area contributed by atoms with Crippen LogP contribution in [0.25, 0.3) is 16.9 Å². The summed E-state index contributed by atoms with van der Waals surface area (Å²) < 4.78 is 6.93. The number of carbonyl (C=O) groups is 2. The molecule has 0 radical (unpaired) electrons. The van der Waals surface area contributed by atoms with Crippen molar-refractivity contribution in [3.05, 3.63) is 96.2 Å². The Morgan fingerprint density at radius 1 is 0.971 bits per heavy atom. The van der Waals surface area contributed by atoms with Gasteiger partial charge in [0.1, 0.15) is 11.4 Å². The molecule has 0 unspecified atom stereocenters. The summed E-state index contributed by atoms with van der Waals surface area (Å²) in [6.45, 7) is 2.01. The summed E-state index contributed by atoms with van der Waals surface area (Å²) >= 11 is 0. The smallest absolute Gasteiger partial charge is 0.329 e. The highest BCUT2D eigenvalue weighted by atomic mass is 16.5. The van der Waals surface area contributed by atoms with E-state index in [0.29, 0.717) is 22.7 Å². The number of benzene rings is 3. The molecule has 0 saturated carbocycles. The molecule has 0 aliphatic heterocycles. The second kappa shape index (κ2) is 10.3. The number of amides is 2. The van der Waals surface area contributed by atoms with Gasteiger partial charge in [0.2, 0.25) is 0 Å². The average Bonchev–Trinajstić information content (AvgIpc) is 3.29. The van der Waals surface area contributed by atoms with E-state index in [1.54, 1.807) is 28.9 Å². The molecule has 34 heavy (non-hydrogen) atoms. The fourth-order valence-electron chi connectivity index (χ4n) is 3.35. The standard InChI is InChI=1S/C26H23N5O3/c1-18-9-8-10-19(15-18)24-20(17-31(30-24)21-11-4-3-5-12-21)16-27-29-26(33)25(32)28-22-13-6-7-14-23(22)34-2/h3-17H,1-2H3,(H,28,32)(H,29,33). The molecule has 0 aliphatic carbocycles. The molecule has 0 spiro atoms. The van der Waals surface area contributed by atoms with E-state index in [1.807, 2.05) is 67.7 Å². The SMILES string of the molecule is COc1ccccc1NC(=O)C(=O)NN=Cc1cn(-c2ccccc2)nc1-c1cccc(C)c1. The molecule has 0 bridgehead atoms. The minimum atomic E-state index is -0.908. The predicted molar refractivity (Wildman–Crippen MR) is 131 cm³/mol. The molecular formula is C26H23N5O3. The van der Waals surface area contributed by atoms with Gasteiger partial charge in [-0.25, -0.2) is 10.1 Å². The van der Waals surface area contributed by atoms with Crippen LogP contribution < -0.4 is 15.5 Å². The number of nitrogens with zero attached hydrogens (tertiary/aromatic N) is 3. The Morgan fingerprint density at radius 2 is 1.74 bits per heavy atom. The molecule has 0 atom stereocenters. The molecule has 1 aromatic heterocycles. The van der Waals surface area contributed by atoms with E-state index in [4.69, 9.17) is 9.84 Å². The van der Waals surface area contributed by atoms with Crippen molar-refractivity contribution >= 4 is 23.7 Å². The summed E-state index contributed by atoms with van der Waals surface area (Å²) in [5, 5.41) is 11.2. The number of aromatic nitrogens is 2. The van der Waals surface area contributed by atoms with Gasteiger partial charge in [0.25, 0.3) is 0 Å².